The molecule has 38 heavy (non-hydrogen) atoms. The fourth-order valence-corrected chi connectivity index (χ4v) is 6.15. The Bertz CT molecular complexity index is 1280. The molecule has 200 valence electrons. The number of nitrogens with one attached hydrogen (secondary N) is 1. The predicted molar refractivity (Wildman–Crippen MR) is 148 cm³/mol. The lowest BCUT2D eigenvalue weighted by Crippen LogP contribution is -2.46. The van der Waals surface area contributed by atoms with Crippen LogP contribution in [0.4, 0.5) is 11.4 Å². The highest BCUT2D eigenvalue weighted by molar-refractivity contribution is 6.02. The van der Waals surface area contributed by atoms with Gasteiger partial charge in [-0.15, -0.1) is 0 Å². The number of benzene rings is 2. The third-order valence-corrected chi connectivity index (χ3v) is 7.97. The van der Waals surface area contributed by atoms with Gasteiger partial charge in [-0.25, -0.2) is 4.79 Å². The average molecular weight is 516 g/mol. The molecule has 7 nitrogen and oxygen atoms in total. The minimum absolute atomic E-state index is 0.0650. The molecule has 1 amide bonds. The standard InChI is InChI=1S/C31H37N3O4/c1-20-8-7-15-33(18-20)27(36)19-34-25-10-6-5-9-23(25)32-24-16-31(2,3)17-26(35)28(24)29(34)21-11-13-22(14-12-21)30(37)38-4/h5-6,9-14,20,29,32H,7-8,15-19H2,1-4H3. The van der Waals surface area contributed by atoms with Gasteiger partial charge in [0.25, 0.3) is 0 Å². The van der Waals surface area contributed by atoms with E-state index in [4.69, 9.17) is 4.74 Å². The van der Waals surface area contributed by atoms with Gasteiger partial charge in [0, 0.05) is 30.8 Å². The number of para-hydroxylation sites is 2. The second kappa shape index (κ2) is 10.3. The summed E-state index contributed by atoms with van der Waals surface area (Å²) in [5.41, 5.74) is 4.50. The van der Waals surface area contributed by atoms with E-state index in [1.54, 1.807) is 12.1 Å². The Balaban J connectivity index is 1.64. The van der Waals surface area contributed by atoms with Crippen molar-refractivity contribution >= 4 is 29.0 Å². The monoisotopic (exact) mass is 515 g/mol. The van der Waals surface area contributed by atoms with Gasteiger partial charge in [0.2, 0.25) is 5.91 Å². The van der Waals surface area contributed by atoms with Crippen LogP contribution in [0.3, 0.4) is 0 Å². The molecular formula is C31H37N3O4. The molecule has 2 aliphatic heterocycles. The van der Waals surface area contributed by atoms with Gasteiger partial charge in [-0.2, -0.15) is 0 Å². The third kappa shape index (κ3) is 5.06. The predicted octanol–water partition coefficient (Wildman–Crippen LogP) is 5.35. The van der Waals surface area contributed by atoms with Gasteiger partial charge in [0.05, 0.1) is 36.6 Å². The molecule has 1 N–H and O–H groups in total. The van der Waals surface area contributed by atoms with Gasteiger partial charge in [-0.1, -0.05) is 45.0 Å². The molecule has 0 spiro atoms. The summed E-state index contributed by atoms with van der Waals surface area (Å²) < 4.78 is 4.89. The number of carbonyl (C=O) groups is 3. The second-order valence-corrected chi connectivity index (χ2v) is 11.7. The number of Topliss-reactive ketones (excluding diaryl/α,β-unsaturated/α-hetero) is 1. The Labute approximate surface area is 224 Å². The number of nitrogens with zero attached hydrogens (tertiary/aromatic N) is 2. The number of ketones is 1. The number of rotatable bonds is 4. The molecule has 2 heterocycles. The smallest absolute Gasteiger partial charge is 0.337 e. The molecule has 0 bridgehead atoms. The summed E-state index contributed by atoms with van der Waals surface area (Å²) in [6.45, 7) is 8.10. The highest BCUT2D eigenvalue weighted by Gasteiger charge is 2.42. The summed E-state index contributed by atoms with van der Waals surface area (Å²) in [5.74, 6) is 0.216. The molecular weight excluding hydrogens is 478 g/mol. The van der Waals surface area contributed by atoms with Crippen LogP contribution in [0.1, 0.15) is 68.4 Å². The van der Waals surface area contributed by atoms with Crippen LogP contribution < -0.4 is 10.2 Å². The quantitative estimate of drug-likeness (QED) is 0.553. The zero-order chi connectivity index (χ0) is 27.0. The van der Waals surface area contributed by atoms with Gasteiger partial charge >= 0.3 is 5.97 Å². The van der Waals surface area contributed by atoms with Crippen LogP contribution in [0.15, 0.2) is 59.8 Å². The van der Waals surface area contributed by atoms with E-state index >= 15 is 0 Å². The topological polar surface area (TPSA) is 79.0 Å². The SMILES string of the molecule is COC(=O)c1ccc(C2C3=C(CC(C)(C)CC3=O)Nc3ccccc3N2CC(=O)N2CCCC(C)C2)cc1. The van der Waals surface area contributed by atoms with Crippen LogP contribution in [-0.2, 0) is 14.3 Å². The molecule has 2 aromatic rings. The Kier molecular flexibility index (Phi) is 7.03. The molecule has 0 saturated carbocycles. The van der Waals surface area contributed by atoms with Crippen molar-refractivity contribution in [3.63, 3.8) is 0 Å². The van der Waals surface area contributed by atoms with E-state index in [-0.39, 0.29) is 23.7 Å². The first-order chi connectivity index (χ1) is 18.2. The van der Waals surface area contributed by atoms with Crippen LogP contribution in [0.5, 0.6) is 0 Å². The summed E-state index contributed by atoms with van der Waals surface area (Å²) in [7, 11) is 1.36. The molecule has 0 aromatic heterocycles. The lowest BCUT2D eigenvalue weighted by Gasteiger charge is -2.39. The number of piperidine rings is 1. The number of amides is 1. The van der Waals surface area contributed by atoms with Crippen molar-refractivity contribution in [2.45, 2.75) is 52.5 Å². The molecule has 1 aliphatic carbocycles. The summed E-state index contributed by atoms with van der Waals surface area (Å²) >= 11 is 0. The molecule has 5 rings (SSSR count). The highest BCUT2D eigenvalue weighted by atomic mass is 16.5. The molecule has 1 fully saturated rings. The van der Waals surface area contributed by atoms with Crippen molar-refractivity contribution in [2.75, 3.05) is 37.0 Å². The maximum Gasteiger partial charge on any atom is 0.337 e. The summed E-state index contributed by atoms with van der Waals surface area (Å²) in [5, 5.41) is 3.59. The maximum atomic E-state index is 13.8. The van der Waals surface area contributed by atoms with Crippen molar-refractivity contribution in [2.24, 2.45) is 11.3 Å². The molecule has 2 aromatic carbocycles. The fraction of sp³-hybridized carbons (Fsp3) is 0.452. The highest BCUT2D eigenvalue weighted by Crippen LogP contribution is 2.48. The first-order valence-electron chi connectivity index (χ1n) is 13.5. The minimum atomic E-state index is -0.470. The van der Waals surface area contributed by atoms with E-state index in [0.29, 0.717) is 23.5 Å². The second-order valence-electron chi connectivity index (χ2n) is 11.7. The molecule has 2 unspecified atom stereocenters. The minimum Gasteiger partial charge on any atom is -0.465 e. The number of fused-ring (bicyclic) bond motifs is 1. The molecule has 7 heteroatoms. The number of methoxy groups -OCH3 is 1. The number of likely N-dealkylation sites (tertiary alicyclic amines) is 1. The summed E-state index contributed by atoms with van der Waals surface area (Å²) in [6.07, 6.45) is 3.30. The van der Waals surface area contributed by atoms with Gasteiger partial charge in [-0.3, -0.25) is 9.59 Å². The van der Waals surface area contributed by atoms with E-state index in [0.717, 1.165) is 55.0 Å². The third-order valence-electron chi connectivity index (χ3n) is 7.97. The number of hydrogen-bond donors (Lipinski definition) is 1. The van der Waals surface area contributed by atoms with Gasteiger partial charge < -0.3 is 19.9 Å². The van der Waals surface area contributed by atoms with E-state index in [9.17, 15) is 14.4 Å². The lowest BCUT2D eigenvalue weighted by molar-refractivity contribution is -0.131. The Hall–Kier alpha value is -3.61. The van der Waals surface area contributed by atoms with Gasteiger partial charge in [0.1, 0.15) is 0 Å². The van der Waals surface area contributed by atoms with Crippen LogP contribution in [-0.4, -0.2) is 49.3 Å². The number of ether oxygens (including phenoxy) is 1. The zero-order valence-electron chi connectivity index (χ0n) is 22.8. The van der Waals surface area contributed by atoms with E-state index in [2.05, 4.69) is 31.0 Å². The average Bonchev–Trinajstić information content (AvgIpc) is 3.02. The Morgan fingerprint density at radius 2 is 1.82 bits per heavy atom. The van der Waals surface area contributed by atoms with E-state index in [1.165, 1.54) is 7.11 Å². The van der Waals surface area contributed by atoms with E-state index in [1.807, 2.05) is 41.3 Å². The Morgan fingerprint density at radius 1 is 1.08 bits per heavy atom. The Morgan fingerprint density at radius 3 is 2.53 bits per heavy atom. The number of allylic oxidation sites excluding steroid dienone is 1. The number of carbonyl (C=O) groups excluding carboxylic acids is 3. The van der Waals surface area contributed by atoms with Crippen LogP contribution in [0.25, 0.3) is 0 Å². The summed E-state index contributed by atoms with van der Waals surface area (Å²) in [4.78, 5) is 43.7. The van der Waals surface area contributed by atoms with Crippen LogP contribution in [0, 0.1) is 11.3 Å². The zero-order valence-corrected chi connectivity index (χ0v) is 22.8. The first-order valence-corrected chi connectivity index (χ1v) is 13.5. The number of anilines is 2. The van der Waals surface area contributed by atoms with Gasteiger partial charge in [-0.05, 0) is 60.4 Å². The van der Waals surface area contributed by atoms with Crippen molar-refractivity contribution in [3.8, 4) is 0 Å². The van der Waals surface area contributed by atoms with Crippen molar-refractivity contribution in [1.29, 1.82) is 0 Å². The molecule has 2 atom stereocenters. The van der Waals surface area contributed by atoms with Crippen molar-refractivity contribution in [1.82, 2.24) is 4.90 Å². The maximum absolute atomic E-state index is 13.8. The van der Waals surface area contributed by atoms with E-state index < -0.39 is 12.0 Å². The number of hydrogen-bond acceptors (Lipinski definition) is 6. The molecule has 3 aliphatic rings. The van der Waals surface area contributed by atoms with Gasteiger partial charge in [0.15, 0.2) is 5.78 Å². The lowest BCUT2D eigenvalue weighted by atomic mass is 9.73. The fourth-order valence-electron chi connectivity index (χ4n) is 6.15. The van der Waals surface area contributed by atoms with Crippen LogP contribution in [0.2, 0.25) is 0 Å². The molecule has 0 radical (unpaired) electrons. The number of esters is 1. The largest absolute Gasteiger partial charge is 0.465 e. The molecule has 1 saturated heterocycles. The van der Waals surface area contributed by atoms with Crippen molar-refractivity contribution < 1.29 is 19.1 Å². The first kappa shape index (κ1) is 26.0. The normalized spacial score (nSPS) is 22.7. The van der Waals surface area contributed by atoms with Crippen LogP contribution >= 0.6 is 0 Å². The van der Waals surface area contributed by atoms with Crippen molar-refractivity contribution in [3.05, 3.63) is 70.9 Å². The summed E-state index contributed by atoms with van der Waals surface area (Å²) in [6, 6.07) is 14.7.